The van der Waals surface area contributed by atoms with E-state index in [4.69, 9.17) is 0 Å². The van der Waals surface area contributed by atoms with Crippen LogP contribution in [0.15, 0.2) is 46.3 Å². The molecule has 1 heterocycles. The van der Waals surface area contributed by atoms with Gasteiger partial charge in [0.2, 0.25) is 0 Å². The molecule has 1 nitrogen and oxygen atoms in total. The number of hydrogen-bond donors (Lipinski definition) is 1. The van der Waals surface area contributed by atoms with Crippen LogP contribution in [0.3, 0.4) is 0 Å². The number of hydrogen-bond acceptors (Lipinski definition) is 2. The number of rotatable bonds is 5. The van der Waals surface area contributed by atoms with Crippen LogP contribution in [0.1, 0.15) is 10.4 Å². The van der Waals surface area contributed by atoms with E-state index in [0.717, 1.165) is 17.3 Å². The lowest BCUT2D eigenvalue weighted by Gasteiger charge is -2.14. The van der Waals surface area contributed by atoms with Gasteiger partial charge in [0.25, 0.3) is 0 Å². The number of benzene rings is 1. The molecule has 17 heavy (non-hydrogen) atoms. The predicted molar refractivity (Wildman–Crippen MR) is 76.4 cm³/mol. The van der Waals surface area contributed by atoms with Gasteiger partial charge in [-0.2, -0.15) is 0 Å². The monoisotopic (exact) mass is 310 g/mol. The van der Waals surface area contributed by atoms with Crippen molar-refractivity contribution in [2.45, 2.75) is 12.8 Å². The summed E-state index contributed by atoms with van der Waals surface area (Å²) in [6, 6.07) is 12.4. The number of aliphatic hydroxyl groups is 1. The normalized spacial score (nSPS) is 12.6. The highest BCUT2D eigenvalue weighted by Crippen LogP contribution is 2.22. The second-order valence-corrected chi connectivity index (χ2v) is 6.01. The Balaban J connectivity index is 2.03. The zero-order valence-electron chi connectivity index (χ0n) is 9.47. The van der Waals surface area contributed by atoms with Crippen molar-refractivity contribution in [1.29, 1.82) is 0 Å². The number of halogens is 1. The molecule has 0 fully saturated rings. The molecule has 0 aliphatic heterocycles. The van der Waals surface area contributed by atoms with Gasteiger partial charge >= 0.3 is 0 Å². The fourth-order valence-electron chi connectivity index (χ4n) is 1.89. The number of aliphatic hydroxyl groups excluding tert-OH is 1. The Morgan fingerprint density at radius 2 is 1.94 bits per heavy atom. The van der Waals surface area contributed by atoms with Crippen LogP contribution in [0, 0.1) is 5.92 Å². The van der Waals surface area contributed by atoms with Gasteiger partial charge in [-0.1, -0.05) is 40.2 Å². The minimum absolute atomic E-state index is 0.235. The van der Waals surface area contributed by atoms with E-state index >= 15 is 0 Å². The standard InChI is InChI=1S/C14H15BrOS/c15-14-6-2-1-4-12(14)8-11(10-16)9-13-5-3-7-17-13/h1-7,11,16H,8-10H2. The highest BCUT2D eigenvalue weighted by atomic mass is 79.9. The van der Waals surface area contributed by atoms with Crippen LogP contribution < -0.4 is 0 Å². The molecule has 1 N–H and O–H groups in total. The van der Waals surface area contributed by atoms with Crippen LogP contribution in [-0.4, -0.2) is 11.7 Å². The largest absolute Gasteiger partial charge is 0.396 e. The second kappa shape index (κ2) is 6.34. The molecule has 1 atom stereocenters. The molecule has 2 aromatic rings. The average molecular weight is 311 g/mol. The lowest BCUT2D eigenvalue weighted by atomic mass is 9.96. The van der Waals surface area contributed by atoms with E-state index in [-0.39, 0.29) is 6.61 Å². The van der Waals surface area contributed by atoms with Crippen molar-refractivity contribution >= 4 is 27.3 Å². The van der Waals surface area contributed by atoms with Gasteiger partial charge < -0.3 is 5.11 Å². The van der Waals surface area contributed by atoms with E-state index in [1.807, 2.05) is 12.1 Å². The van der Waals surface area contributed by atoms with Crippen molar-refractivity contribution in [3.05, 3.63) is 56.7 Å². The molecule has 0 aliphatic rings. The summed E-state index contributed by atoms with van der Waals surface area (Å²) in [7, 11) is 0. The molecule has 0 aliphatic carbocycles. The van der Waals surface area contributed by atoms with Gasteiger partial charge in [-0.05, 0) is 41.8 Å². The molecule has 90 valence electrons. The first-order chi connectivity index (χ1) is 8.29. The quantitative estimate of drug-likeness (QED) is 0.888. The second-order valence-electron chi connectivity index (χ2n) is 4.13. The molecule has 1 aromatic heterocycles. The molecule has 1 unspecified atom stereocenters. The van der Waals surface area contributed by atoms with Crippen LogP contribution in [0.5, 0.6) is 0 Å². The minimum atomic E-state index is 0.235. The maximum atomic E-state index is 9.47. The molecule has 0 spiro atoms. The van der Waals surface area contributed by atoms with Crippen molar-refractivity contribution in [3.8, 4) is 0 Å². The summed E-state index contributed by atoms with van der Waals surface area (Å²) in [4.78, 5) is 1.34. The zero-order valence-corrected chi connectivity index (χ0v) is 11.9. The fraction of sp³-hybridized carbons (Fsp3) is 0.286. The molecule has 2 rings (SSSR count). The third-order valence-corrected chi connectivity index (χ3v) is 4.47. The van der Waals surface area contributed by atoms with Crippen LogP contribution in [0.4, 0.5) is 0 Å². The summed E-state index contributed by atoms with van der Waals surface area (Å²) >= 11 is 5.31. The van der Waals surface area contributed by atoms with E-state index in [2.05, 4.69) is 45.6 Å². The van der Waals surface area contributed by atoms with E-state index in [1.54, 1.807) is 11.3 Å². The van der Waals surface area contributed by atoms with Crippen molar-refractivity contribution < 1.29 is 5.11 Å². The summed E-state index contributed by atoms with van der Waals surface area (Å²) in [5, 5.41) is 11.6. The Kier molecular flexibility index (Phi) is 4.77. The summed E-state index contributed by atoms with van der Waals surface area (Å²) < 4.78 is 1.13. The lowest BCUT2D eigenvalue weighted by molar-refractivity contribution is 0.225. The van der Waals surface area contributed by atoms with Crippen LogP contribution >= 0.6 is 27.3 Å². The van der Waals surface area contributed by atoms with E-state index in [9.17, 15) is 5.11 Å². The van der Waals surface area contributed by atoms with Crippen molar-refractivity contribution in [2.75, 3.05) is 6.61 Å². The van der Waals surface area contributed by atoms with Crippen molar-refractivity contribution in [1.82, 2.24) is 0 Å². The average Bonchev–Trinajstić information content (AvgIpc) is 2.84. The Bertz CT molecular complexity index is 453. The Labute approximate surface area is 114 Å². The maximum Gasteiger partial charge on any atom is 0.0465 e. The SMILES string of the molecule is OCC(Cc1cccs1)Cc1ccccc1Br. The first kappa shape index (κ1) is 12.8. The molecule has 0 bridgehead atoms. The van der Waals surface area contributed by atoms with Gasteiger partial charge in [0, 0.05) is 16.0 Å². The van der Waals surface area contributed by atoms with Gasteiger partial charge in [-0.15, -0.1) is 11.3 Å². The summed E-state index contributed by atoms with van der Waals surface area (Å²) in [5.74, 6) is 0.298. The maximum absolute atomic E-state index is 9.47. The third-order valence-electron chi connectivity index (χ3n) is 2.79. The lowest BCUT2D eigenvalue weighted by Crippen LogP contribution is -2.12. The highest BCUT2D eigenvalue weighted by molar-refractivity contribution is 9.10. The molecular weight excluding hydrogens is 296 g/mol. The van der Waals surface area contributed by atoms with Crippen LogP contribution in [0.25, 0.3) is 0 Å². The molecule has 1 aromatic carbocycles. The smallest absolute Gasteiger partial charge is 0.0465 e. The minimum Gasteiger partial charge on any atom is -0.396 e. The summed E-state index contributed by atoms with van der Waals surface area (Å²) in [5.41, 5.74) is 1.27. The topological polar surface area (TPSA) is 20.2 Å². The fourth-order valence-corrected chi connectivity index (χ4v) is 3.16. The molecule has 0 saturated heterocycles. The number of thiophene rings is 1. The molecular formula is C14H15BrOS. The Hall–Kier alpha value is -0.640. The molecule has 0 radical (unpaired) electrons. The van der Waals surface area contributed by atoms with E-state index in [1.165, 1.54) is 10.4 Å². The van der Waals surface area contributed by atoms with Gasteiger partial charge in [0.1, 0.15) is 0 Å². The first-order valence-corrected chi connectivity index (χ1v) is 7.33. The zero-order chi connectivity index (χ0) is 12.1. The summed E-state index contributed by atoms with van der Waals surface area (Å²) in [6.45, 7) is 0.235. The van der Waals surface area contributed by atoms with Gasteiger partial charge in [0.15, 0.2) is 0 Å². The third kappa shape index (κ3) is 3.66. The van der Waals surface area contributed by atoms with Gasteiger partial charge in [-0.25, -0.2) is 0 Å². The van der Waals surface area contributed by atoms with Crippen LogP contribution in [0.2, 0.25) is 0 Å². The van der Waals surface area contributed by atoms with Crippen LogP contribution in [-0.2, 0) is 12.8 Å². The van der Waals surface area contributed by atoms with E-state index < -0.39 is 0 Å². The molecule has 3 heteroatoms. The highest BCUT2D eigenvalue weighted by Gasteiger charge is 2.11. The van der Waals surface area contributed by atoms with Crippen molar-refractivity contribution in [3.63, 3.8) is 0 Å². The summed E-state index contributed by atoms with van der Waals surface area (Å²) in [6.07, 6.45) is 1.87. The predicted octanol–water partition coefficient (Wildman–Crippen LogP) is 3.90. The first-order valence-electron chi connectivity index (χ1n) is 5.66. The van der Waals surface area contributed by atoms with E-state index in [0.29, 0.717) is 5.92 Å². The Morgan fingerprint density at radius 1 is 1.12 bits per heavy atom. The van der Waals surface area contributed by atoms with Gasteiger partial charge in [-0.3, -0.25) is 0 Å². The molecule has 0 saturated carbocycles. The van der Waals surface area contributed by atoms with Gasteiger partial charge in [0.05, 0.1) is 0 Å². The molecule has 0 amide bonds. The Morgan fingerprint density at radius 3 is 2.59 bits per heavy atom. The van der Waals surface area contributed by atoms with Crippen molar-refractivity contribution in [2.24, 2.45) is 5.92 Å².